The Balaban J connectivity index is 1.81. The highest BCUT2D eigenvalue weighted by Gasteiger charge is 2.27. The molecule has 0 saturated heterocycles. The van der Waals surface area contributed by atoms with Crippen molar-refractivity contribution in [1.82, 2.24) is 5.32 Å². The number of nitrogens with one attached hydrogen (secondary N) is 1. The van der Waals surface area contributed by atoms with Gasteiger partial charge in [0.1, 0.15) is 0 Å². The summed E-state index contributed by atoms with van der Waals surface area (Å²) in [6.07, 6.45) is 0.951. The van der Waals surface area contributed by atoms with Gasteiger partial charge in [-0.1, -0.05) is 0 Å². The van der Waals surface area contributed by atoms with Crippen molar-refractivity contribution in [1.29, 1.82) is 0 Å². The minimum atomic E-state index is 0.0203. The van der Waals surface area contributed by atoms with Gasteiger partial charge in [0.05, 0.1) is 27.4 Å². The summed E-state index contributed by atoms with van der Waals surface area (Å²) in [4.78, 5) is 0. The molecule has 0 aliphatic carbocycles. The molecule has 132 valence electrons. The second-order valence-electron chi connectivity index (χ2n) is 6.00. The fraction of sp³-hybridized carbons (Fsp3) is 0.368. The van der Waals surface area contributed by atoms with Crippen LogP contribution in [0.3, 0.4) is 0 Å². The Bertz CT molecular complexity index is 780. The standard InChI is InChI=1S/C19H21NO5/c1-21-16-7-12(8-17(22-2)19(16)23-3)18-13-9-15-14(24-10-25-15)6-11(13)4-5-20-18/h6-9,18,20H,4-5,10H2,1-3H3. The van der Waals surface area contributed by atoms with Crippen LogP contribution in [-0.4, -0.2) is 34.7 Å². The molecule has 2 aromatic carbocycles. The summed E-state index contributed by atoms with van der Waals surface area (Å²) in [5.74, 6) is 3.50. The van der Waals surface area contributed by atoms with E-state index in [4.69, 9.17) is 23.7 Å². The van der Waals surface area contributed by atoms with Crippen molar-refractivity contribution in [3.63, 3.8) is 0 Å². The first-order valence-electron chi connectivity index (χ1n) is 8.21. The van der Waals surface area contributed by atoms with E-state index in [9.17, 15) is 0 Å². The average Bonchev–Trinajstić information content (AvgIpc) is 3.11. The molecule has 2 aliphatic rings. The van der Waals surface area contributed by atoms with Crippen LogP contribution in [-0.2, 0) is 6.42 Å². The second-order valence-corrected chi connectivity index (χ2v) is 6.00. The van der Waals surface area contributed by atoms with E-state index in [2.05, 4.69) is 17.4 Å². The third kappa shape index (κ3) is 2.62. The highest BCUT2D eigenvalue weighted by Crippen LogP contribution is 2.44. The molecule has 6 nitrogen and oxygen atoms in total. The van der Waals surface area contributed by atoms with Gasteiger partial charge in [-0.15, -0.1) is 0 Å². The van der Waals surface area contributed by atoms with Gasteiger partial charge in [-0.25, -0.2) is 0 Å². The molecule has 6 heteroatoms. The zero-order chi connectivity index (χ0) is 17.4. The first-order valence-corrected chi connectivity index (χ1v) is 8.21. The minimum Gasteiger partial charge on any atom is -0.493 e. The van der Waals surface area contributed by atoms with Crippen molar-refractivity contribution in [2.24, 2.45) is 0 Å². The van der Waals surface area contributed by atoms with Crippen molar-refractivity contribution in [2.75, 3.05) is 34.7 Å². The van der Waals surface area contributed by atoms with Crippen LogP contribution in [0.4, 0.5) is 0 Å². The second kappa shape index (κ2) is 6.37. The SMILES string of the molecule is COc1cc(C2NCCc3cc4c(cc32)OCO4)cc(OC)c1OC. The lowest BCUT2D eigenvalue weighted by Gasteiger charge is -2.28. The van der Waals surface area contributed by atoms with E-state index in [1.54, 1.807) is 21.3 Å². The molecule has 2 heterocycles. The molecule has 0 fully saturated rings. The molecule has 1 atom stereocenters. The maximum absolute atomic E-state index is 5.56. The topological polar surface area (TPSA) is 58.2 Å². The van der Waals surface area contributed by atoms with Crippen molar-refractivity contribution < 1.29 is 23.7 Å². The van der Waals surface area contributed by atoms with Crippen LogP contribution in [0, 0.1) is 0 Å². The fourth-order valence-corrected chi connectivity index (χ4v) is 3.51. The molecule has 2 aromatic rings. The lowest BCUT2D eigenvalue weighted by atomic mass is 9.89. The Hall–Kier alpha value is -2.60. The van der Waals surface area contributed by atoms with E-state index < -0.39 is 0 Å². The van der Waals surface area contributed by atoms with E-state index in [0.717, 1.165) is 30.0 Å². The van der Waals surface area contributed by atoms with Gasteiger partial charge in [0, 0.05) is 6.54 Å². The molecule has 0 radical (unpaired) electrons. The zero-order valence-corrected chi connectivity index (χ0v) is 14.5. The molecule has 4 rings (SSSR count). The molecule has 0 bridgehead atoms. The van der Waals surface area contributed by atoms with Crippen LogP contribution >= 0.6 is 0 Å². The Kier molecular flexibility index (Phi) is 4.05. The largest absolute Gasteiger partial charge is 0.493 e. The fourth-order valence-electron chi connectivity index (χ4n) is 3.51. The highest BCUT2D eigenvalue weighted by atomic mass is 16.7. The molecule has 0 amide bonds. The van der Waals surface area contributed by atoms with Crippen molar-refractivity contribution >= 4 is 0 Å². The molecule has 0 saturated carbocycles. The number of benzene rings is 2. The Morgan fingerprint density at radius 1 is 0.920 bits per heavy atom. The Labute approximate surface area is 146 Å². The maximum atomic E-state index is 5.56. The van der Waals surface area contributed by atoms with Gasteiger partial charge in [-0.3, -0.25) is 0 Å². The smallest absolute Gasteiger partial charge is 0.231 e. The lowest BCUT2D eigenvalue weighted by Crippen LogP contribution is -2.30. The van der Waals surface area contributed by atoms with E-state index in [0.29, 0.717) is 17.2 Å². The summed E-state index contributed by atoms with van der Waals surface area (Å²) in [5, 5.41) is 3.57. The summed E-state index contributed by atoms with van der Waals surface area (Å²) in [6.45, 7) is 1.16. The van der Waals surface area contributed by atoms with Crippen LogP contribution < -0.4 is 29.0 Å². The van der Waals surface area contributed by atoms with E-state index in [1.807, 2.05) is 12.1 Å². The van der Waals surface area contributed by atoms with Crippen molar-refractivity contribution in [3.05, 3.63) is 41.0 Å². The first-order chi connectivity index (χ1) is 12.2. The van der Waals surface area contributed by atoms with E-state index in [-0.39, 0.29) is 12.8 Å². The predicted molar refractivity (Wildman–Crippen MR) is 92.2 cm³/mol. The summed E-state index contributed by atoms with van der Waals surface area (Å²) >= 11 is 0. The van der Waals surface area contributed by atoms with Gasteiger partial charge < -0.3 is 29.0 Å². The molecular weight excluding hydrogens is 322 g/mol. The zero-order valence-electron chi connectivity index (χ0n) is 14.5. The van der Waals surface area contributed by atoms with Crippen LogP contribution in [0.1, 0.15) is 22.7 Å². The first kappa shape index (κ1) is 15.9. The summed E-state index contributed by atoms with van der Waals surface area (Å²) in [5.41, 5.74) is 3.50. The third-order valence-corrected chi connectivity index (χ3v) is 4.71. The number of rotatable bonds is 4. The van der Waals surface area contributed by atoms with Crippen molar-refractivity contribution in [3.8, 4) is 28.7 Å². The van der Waals surface area contributed by atoms with Crippen LogP contribution in [0.5, 0.6) is 28.7 Å². The number of fused-ring (bicyclic) bond motifs is 2. The average molecular weight is 343 g/mol. The molecule has 2 aliphatic heterocycles. The number of methoxy groups -OCH3 is 3. The van der Waals surface area contributed by atoms with Crippen LogP contribution in [0.15, 0.2) is 24.3 Å². The quantitative estimate of drug-likeness (QED) is 0.921. The van der Waals surface area contributed by atoms with Gasteiger partial charge in [0.25, 0.3) is 0 Å². The molecule has 1 unspecified atom stereocenters. The molecule has 1 N–H and O–H groups in total. The van der Waals surface area contributed by atoms with Gasteiger partial charge in [-0.05, 0) is 47.4 Å². The molecule has 0 aromatic heterocycles. The Morgan fingerprint density at radius 3 is 2.24 bits per heavy atom. The molecular formula is C19H21NO5. The van der Waals surface area contributed by atoms with Gasteiger partial charge >= 0.3 is 0 Å². The minimum absolute atomic E-state index is 0.0203. The Morgan fingerprint density at radius 2 is 1.60 bits per heavy atom. The lowest BCUT2D eigenvalue weighted by molar-refractivity contribution is 0.174. The monoisotopic (exact) mass is 343 g/mol. The number of hydrogen-bond donors (Lipinski definition) is 1. The van der Waals surface area contributed by atoms with Crippen LogP contribution in [0.2, 0.25) is 0 Å². The molecule has 0 spiro atoms. The predicted octanol–water partition coefficient (Wildman–Crippen LogP) is 2.68. The highest BCUT2D eigenvalue weighted by molar-refractivity contribution is 5.58. The van der Waals surface area contributed by atoms with Crippen molar-refractivity contribution in [2.45, 2.75) is 12.5 Å². The molecule has 25 heavy (non-hydrogen) atoms. The summed E-state index contributed by atoms with van der Waals surface area (Å²) < 4.78 is 27.5. The van der Waals surface area contributed by atoms with E-state index >= 15 is 0 Å². The third-order valence-electron chi connectivity index (χ3n) is 4.71. The van der Waals surface area contributed by atoms with Crippen LogP contribution in [0.25, 0.3) is 0 Å². The summed E-state index contributed by atoms with van der Waals surface area (Å²) in [7, 11) is 4.86. The van der Waals surface area contributed by atoms with Gasteiger partial charge in [0.15, 0.2) is 23.0 Å². The van der Waals surface area contributed by atoms with Gasteiger partial charge in [-0.2, -0.15) is 0 Å². The number of hydrogen-bond acceptors (Lipinski definition) is 6. The normalized spacial score (nSPS) is 17.8. The maximum Gasteiger partial charge on any atom is 0.231 e. The summed E-state index contributed by atoms with van der Waals surface area (Å²) in [6, 6.07) is 8.14. The van der Waals surface area contributed by atoms with Gasteiger partial charge in [0.2, 0.25) is 12.5 Å². The van der Waals surface area contributed by atoms with E-state index in [1.165, 1.54) is 11.1 Å². The number of ether oxygens (including phenoxy) is 5.